The number of non-ortho nitro benzene ring substituents is 1. The van der Waals surface area contributed by atoms with E-state index in [0.29, 0.717) is 20.3 Å². The number of nitro benzene ring substituents is 1. The van der Waals surface area contributed by atoms with Crippen molar-refractivity contribution in [1.82, 2.24) is 4.98 Å². The Labute approximate surface area is 137 Å². The van der Waals surface area contributed by atoms with Crippen LogP contribution >= 0.6 is 31.9 Å². The first-order valence-corrected chi connectivity index (χ1v) is 7.42. The van der Waals surface area contributed by atoms with E-state index in [4.69, 9.17) is 4.74 Å². The Morgan fingerprint density at radius 2 is 1.95 bits per heavy atom. The number of halogens is 2. The number of hydrogen-bond donors (Lipinski definition) is 1. The van der Waals surface area contributed by atoms with Crippen LogP contribution in [0.25, 0.3) is 0 Å². The van der Waals surface area contributed by atoms with Gasteiger partial charge in [0.15, 0.2) is 5.75 Å². The van der Waals surface area contributed by atoms with Crippen molar-refractivity contribution in [3.8, 4) is 11.6 Å². The Morgan fingerprint density at radius 1 is 1.33 bits per heavy atom. The van der Waals surface area contributed by atoms with Crippen LogP contribution in [0.5, 0.6) is 11.6 Å². The first-order chi connectivity index (χ1) is 9.88. The lowest BCUT2D eigenvalue weighted by atomic mass is 10.2. The van der Waals surface area contributed by atoms with E-state index in [-0.39, 0.29) is 11.6 Å². The normalized spacial score (nSPS) is 12.0. The molecule has 0 saturated carbocycles. The largest absolute Gasteiger partial charge is 0.437 e. The SMILES string of the molecule is C[C@@H](O)c1ccnc(Oc2c(Br)cc([N+](=O)[O-])cc2Br)c1. The number of aliphatic hydroxyl groups is 1. The Kier molecular flexibility index (Phi) is 4.92. The fraction of sp³-hybridized carbons (Fsp3) is 0.154. The van der Waals surface area contributed by atoms with Gasteiger partial charge < -0.3 is 9.84 Å². The molecule has 0 unspecified atom stereocenters. The van der Waals surface area contributed by atoms with Crippen molar-refractivity contribution < 1.29 is 14.8 Å². The highest BCUT2D eigenvalue weighted by Gasteiger charge is 2.16. The van der Waals surface area contributed by atoms with Gasteiger partial charge in [-0.1, -0.05) is 0 Å². The molecule has 21 heavy (non-hydrogen) atoms. The van der Waals surface area contributed by atoms with Crippen molar-refractivity contribution in [1.29, 1.82) is 0 Å². The van der Waals surface area contributed by atoms with Gasteiger partial charge in [-0.3, -0.25) is 10.1 Å². The zero-order valence-corrected chi connectivity index (χ0v) is 14.0. The summed E-state index contributed by atoms with van der Waals surface area (Å²) in [5.74, 6) is 0.652. The summed E-state index contributed by atoms with van der Waals surface area (Å²) in [4.78, 5) is 14.3. The van der Waals surface area contributed by atoms with Crippen molar-refractivity contribution in [2.45, 2.75) is 13.0 Å². The first kappa shape index (κ1) is 15.9. The van der Waals surface area contributed by atoms with Crippen LogP contribution in [-0.4, -0.2) is 15.0 Å². The number of nitrogens with zero attached hydrogens (tertiary/aromatic N) is 2. The van der Waals surface area contributed by atoms with Crippen molar-refractivity contribution >= 4 is 37.5 Å². The van der Waals surface area contributed by atoms with Crippen molar-refractivity contribution in [3.63, 3.8) is 0 Å². The van der Waals surface area contributed by atoms with Crippen LogP contribution in [0.3, 0.4) is 0 Å². The molecule has 8 heteroatoms. The molecule has 1 heterocycles. The van der Waals surface area contributed by atoms with Crippen LogP contribution in [-0.2, 0) is 0 Å². The van der Waals surface area contributed by atoms with Gasteiger partial charge in [-0.05, 0) is 50.4 Å². The fourth-order valence-electron chi connectivity index (χ4n) is 1.59. The van der Waals surface area contributed by atoms with Crippen molar-refractivity contribution in [2.24, 2.45) is 0 Å². The second-order valence-corrected chi connectivity index (χ2v) is 5.91. The summed E-state index contributed by atoms with van der Waals surface area (Å²) in [6, 6.07) is 5.97. The van der Waals surface area contributed by atoms with Crippen LogP contribution in [0.15, 0.2) is 39.4 Å². The average molecular weight is 418 g/mol. The minimum absolute atomic E-state index is 0.0632. The molecule has 2 aromatic rings. The molecule has 1 N–H and O–H groups in total. The lowest BCUT2D eigenvalue weighted by Gasteiger charge is -2.11. The number of benzene rings is 1. The maximum absolute atomic E-state index is 10.8. The second-order valence-electron chi connectivity index (χ2n) is 4.20. The highest BCUT2D eigenvalue weighted by molar-refractivity contribution is 9.11. The standard InChI is InChI=1S/C13H10Br2N2O4/c1-7(18)8-2-3-16-12(4-8)21-13-10(14)5-9(17(19)20)6-11(13)15/h2-7,18H,1H3/t7-/m1/s1. The number of aromatic nitrogens is 1. The van der Waals surface area contributed by atoms with Gasteiger partial charge in [-0.15, -0.1) is 0 Å². The third kappa shape index (κ3) is 3.78. The molecule has 0 amide bonds. The topological polar surface area (TPSA) is 85.5 Å². The van der Waals surface area contributed by atoms with Crippen LogP contribution in [0.4, 0.5) is 5.69 Å². The van der Waals surface area contributed by atoms with Gasteiger partial charge in [0.25, 0.3) is 5.69 Å². The van der Waals surface area contributed by atoms with E-state index in [1.54, 1.807) is 19.1 Å². The molecule has 1 aromatic carbocycles. The molecule has 6 nitrogen and oxygen atoms in total. The highest BCUT2D eigenvalue weighted by atomic mass is 79.9. The van der Waals surface area contributed by atoms with Gasteiger partial charge in [0, 0.05) is 24.4 Å². The van der Waals surface area contributed by atoms with Gasteiger partial charge in [-0.2, -0.15) is 0 Å². The van der Waals surface area contributed by atoms with Crippen LogP contribution in [0.2, 0.25) is 0 Å². The lowest BCUT2D eigenvalue weighted by Crippen LogP contribution is -1.96. The lowest BCUT2D eigenvalue weighted by molar-refractivity contribution is -0.385. The zero-order chi connectivity index (χ0) is 15.6. The number of pyridine rings is 1. The van der Waals surface area contributed by atoms with E-state index >= 15 is 0 Å². The summed E-state index contributed by atoms with van der Waals surface area (Å²) < 4.78 is 6.47. The molecule has 2 rings (SSSR count). The summed E-state index contributed by atoms with van der Waals surface area (Å²) >= 11 is 6.47. The molecule has 0 spiro atoms. The van der Waals surface area contributed by atoms with E-state index in [2.05, 4.69) is 36.8 Å². The maximum atomic E-state index is 10.8. The van der Waals surface area contributed by atoms with Gasteiger partial charge in [0.05, 0.1) is 20.0 Å². The number of hydrogen-bond acceptors (Lipinski definition) is 5. The number of aliphatic hydroxyl groups excluding tert-OH is 1. The molecule has 0 fully saturated rings. The maximum Gasteiger partial charge on any atom is 0.271 e. The van der Waals surface area contributed by atoms with Gasteiger partial charge in [-0.25, -0.2) is 4.98 Å². The van der Waals surface area contributed by atoms with Crippen molar-refractivity contribution in [2.75, 3.05) is 0 Å². The van der Waals surface area contributed by atoms with Gasteiger partial charge >= 0.3 is 0 Å². The molecule has 0 radical (unpaired) electrons. The van der Waals surface area contributed by atoms with Gasteiger partial charge in [0.2, 0.25) is 5.88 Å². The van der Waals surface area contributed by atoms with Gasteiger partial charge in [0.1, 0.15) is 0 Å². The number of rotatable bonds is 4. The fourth-order valence-corrected chi connectivity index (χ4v) is 2.92. The molecule has 1 aromatic heterocycles. The molecule has 0 aliphatic rings. The summed E-state index contributed by atoms with van der Waals surface area (Å²) in [5.41, 5.74) is 0.598. The van der Waals surface area contributed by atoms with E-state index in [9.17, 15) is 15.2 Å². The van der Waals surface area contributed by atoms with E-state index < -0.39 is 11.0 Å². The van der Waals surface area contributed by atoms with E-state index in [1.165, 1.54) is 18.3 Å². The quantitative estimate of drug-likeness (QED) is 0.589. The molecule has 0 aliphatic carbocycles. The minimum Gasteiger partial charge on any atom is -0.437 e. The second kappa shape index (κ2) is 6.50. The number of nitro groups is 1. The Morgan fingerprint density at radius 3 is 2.48 bits per heavy atom. The summed E-state index contributed by atoms with van der Waals surface area (Å²) in [5, 5.41) is 20.3. The minimum atomic E-state index is -0.640. The Bertz CT molecular complexity index is 669. The van der Waals surface area contributed by atoms with E-state index in [1.807, 2.05) is 0 Å². The molecule has 1 atom stereocenters. The number of ether oxygens (including phenoxy) is 1. The third-order valence-electron chi connectivity index (χ3n) is 2.64. The van der Waals surface area contributed by atoms with Crippen molar-refractivity contribution in [3.05, 3.63) is 55.1 Å². The van der Waals surface area contributed by atoms with Crippen LogP contribution in [0, 0.1) is 10.1 Å². The first-order valence-electron chi connectivity index (χ1n) is 5.84. The molecule has 0 saturated heterocycles. The molecular formula is C13H10Br2N2O4. The molecule has 110 valence electrons. The summed E-state index contributed by atoms with van der Waals surface area (Å²) in [6.45, 7) is 1.64. The van der Waals surface area contributed by atoms with Crippen LogP contribution in [0.1, 0.15) is 18.6 Å². The smallest absolute Gasteiger partial charge is 0.271 e. The summed E-state index contributed by atoms with van der Waals surface area (Å²) in [7, 11) is 0. The molecule has 0 bridgehead atoms. The average Bonchev–Trinajstić information content (AvgIpc) is 2.42. The molecule has 0 aliphatic heterocycles. The van der Waals surface area contributed by atoms with Crippen LogP contribution < -0.4 is 4.74 Å². The van der Waals surface area contributed by atoms with E-state index in [0.717, 1.165) is 0 Å². The predicted octanol–water partition coefficient (Wildman–Crippen LogP) is 4.36. The molecular weight excluding hydrogens is 408 g/mol. The Hall–Kier alpha value is -1.51. The highest BCUT2D eigenvalue weighted by Crippen LogP contribution is 2.39. The third-order valence-corrected chi connectivity index (χ3v) is 3.82. The predicted molar refractivity (Wildman–Crippen MR) is 83.4 cm³/mol. The Balaban J connectivity index is 2.36. The monoisotopic (exact) mass is 416 g/mol. The zero-order valence-electron chi connectivity index (χ0n) is 10.8. The summed E-state index contributed by atoms with van der Waals surface area (Å²) in [6.07, 6.45) is 0.879.